The van der Waals surface area contributed by atoms with E-state index in [9.17, 15) is 4.21 Å². The SMILES string of the molecule is CCCC[S@](=O)c1ccc(C)cc1. The lowest BCUT2D eigenvalue weighted by Crippen LogP contribution is -1.97. The molecule has 0 fully saturated rings. The van der Waals surface area contributed by atoms with Gasteiger partial charge in [-0.3, -0.25) is 4.21 Å². The highest BCUT2D eigenvalue weighted by Gasteiger charge is 2.01. The van der Waals surface area contributed by atoms with Crippen LogP contribution in [0.2, 0.25) is 0 Å². The van der Waals surface area contributed by atoms with E-state index >= 15 is 0 Å². The van der Waals surface area contributed by atoms with Crippen LogP contribution in [0.1, 0.15) is 25.3 Å². The summed E-state index contributed by atoms with van der Waals surface area (Å²) in [6, 6.07) is 7.95. The van der Waals surface area contributed by atoms with E-state index < -0.39 is 10.8 Å². The summed E-state index contributed by atoms with van der Waals surface area (Å²) in [6.45, 7) is 4.16. The van der Waals surface area contributed by atoms with Crippen molar-refractivity contribution in [2.45, 2.75) is 31.6 Å². The van der Waals surface area contributed by atoms with Gasteiger partial charge in [-0.25, -0.2) is 0 Å². The Morgan fingerprint density at radius 1 is 1.23 bits per heavy atom. The molecule has 0 amide bonds. The van der Waals surface area contributed by atoms with Gasteiger partial charge in [0.2, 0.25) is 0 Å². The molecule has 0 aliphatic carbocycles. The summed E-state index contributed by atoms with van der Waals surface area (Å²) in [5.41, 5.74) is 1.22. The van der Waals surface area contributed by atoms with Gasteiger partial charge in [0.15, 0.2) is 0 Å². The van der Waals surface area contributed by atoms with Gasteiger partial charge in [-0.2, -0.15) is 0 Å². The van der Waals surface area contributed by atoms with Crippen molar-refractivity contribution in [3.05, 3.63) is 29.8 Å². The number of hydrogen-bond donors (Lipinski definition) is 0. The average Bonchev–Trinajstić information content (AvgIpc) is 2.15. The zero-order valence-electron chi connectivity index (χ0n) is 8.25. The van der Waals surface area contributed by atoms with Crippen molar-refractivity contribution >= 4 is 10.8 Å². The Kier molecular flexibility index (Phi) is 4.16. The topological polar surface area (TPSA) is 17.1 Å². The lowest BCUT2D eigenvalue weighted by molar-refractivity contribution is 0.679. The molecule has 0 saturated carbocycles. The van der Waals surface area contributed by atoms with Crippen LogP contribution in [-0.2, 0) is 10.8 Å². The lowest BCUT2D eigenvalue weighted by atomic mass is 10.2. The minimum absolute atomic E-state index is 0.791. The molecular formula is C11H16OS. The minimum Gasteiger partial charge on any atom is -0.254 e. The maximum Gasteiger partial charge on any atom is 0.0529 e. The second kappa shape index (κ2) is 5.18. The summed E-state index contributed by atoms with van der Waals surface area (Å²) in [4.78, 5) is 0.957. The number of aryl methyl sites for hydroxylation is 1. The largest absolute Gasteiger partial charge is 0.254 e. The molecule has 1 rings (SSSR count). The molecular weight excluding hydrogens is 180 g/mol. The molecule has 0 spiro atoms. The van der Waals surface area contributed by atoms with Gasteiger partial charge in [-0.1, -0.05) is 31.0 Å². The highest BCUT2D eigenvalue weighted by molar-refractivity contribution is 7.85. The first-order chi connectivity index (χ1) is 6.24. The molecule has 0 aliphatic heterocycles. The van der Waals surface area contributed by atoms with E-state index in [0.717, 1.165) is 23.5 Å². The fourth-order valence-corrected chi connectivity index (χ4v) is 2.31. The molecule has 1 aromatic carbocycles. The van der Waals surface area contributed by atoms with E-state index in [1.54, 1.807) is 0 Å². The summed E-state index contributed by atoms with van der Waals surface area (Å²) < 4.78 is 11.6. The van der Waals surface area contributed by atoms with Crippen LogP contribution in [0.3, 0.4) is 0 Å². The van der Waals surface area contributed by atoms with Crippen molar-refractivity contribution in [3.8, 4) is 0 Å². The van der Waals surface area contributed by atoms with E-state index in [4.69, 9.17) is 0 Å². The number of rotatable bonds is 4. The Labute approximate surface area is 82.6 Å². The maximum atomic E-state index is 11.6. The highest BCUT2D eigenvalue weighted by atomic mass is 32.2. The minimum atomic E-state index is -0.792. The third-order valence-corrected chi connectivity index (χ3v) is 3.42. The summed E-state index contributed by atoms with van der Waals surface area (Å²) in [6.07, 6.45) is 2.15. The van der Waals surface area contributed by atoms with Gasteiger partial charge in [0.1, 0.15) is 0 Å². The summed E-state index contributed by atoms with van der Waals surface area (Å²) >= 11 is 0. The first kappa shape index (κ1) is 10.5. The molecule has 0 N–H and O–H groups in total. The zero-order chi connectivity index (χ0) is 9.68. The van der Waals surface area contributed by atoms with E-state index in [1.165, 1.54) is 5.56 Å². The van der Waals surface area contributed by atoms with Crippen molar-refractivity contribution in [2.24, 2.45) is 0 Å². The summed E-state index contributed by atoms with van der Waals surface area (Å²) in [5, 5.41) is 0. The van der Waals surface area contributed by atoms with E-state index in [-0.39, 0.29) is 0 Å². The molecule has 1 nitrogen and oxygen atoms in total. The van der Waals surface area contributed by atoms with Crippen LogP contribution in [0.5, 0.6) is 0 Å². The Morgan fingerprint density at radius 3 is 2.38 bits per heavy atom. The van der Waals surface area contributed by atoms with Gasteiger partial charge in [-0.05, 0) is 25.5 Å². The fourth-order valence-electron chi connectivity index (χ4n) is 1.08. The van der Waals surface area contributed by atoms with Crippen molar-refractivity contribution in [2.75, 3.05) is 5.75 Å². The molecule has 1 atom stereocenters. The van der Waals surface area contributed by atoms with Crippen molar-refractivity contribution in [1.82, 2.24) is 0 Å². The smallest absolute Gasteiger partial charge is 0.0529 e. The number of unbranched alkanes of at least 4 members (excludes halogenated alkanes) is 1. The first-order valence-corrected chi connectivity index (χ1v) is 6.01. The molecule has 0 saturated heterocycles. The lowest BCUT2D eigenvalue weighted by Gasteiger charge is -2.01. The fraction of sp³-hybridized carbons (Fsp3) is 0.455. The predicted molar refractivity (Wildman–Crippen MR) is 57.4 cm³/mol. The molecule has 0 aromatic heterocycles. The Bertz CT molecular complexity index is 277. The standard InChI is InChI=1S/C11H16OS/c1-3-4-9-13(12)11-7-5-10(2)6-8-11/h5-8H,3-4,9H2,1-2H3/t13-/m0/s1. The second-order valence-corrected chi connectivity index (χ2v) is 4.79. The van der Waals surface area contributed by atoms with Crippen LogP contribution in [0.4, 0.5) is 0 Å². The van der Waals surface area contributed by atoms with Gasteiger partial charge in [0.05, 0.1) is 10.8 Å². The molecule has 13 heavy (non-hydrogen) atoms. The van der Waals surface area contributed by atoms with Gasteiger partial charge in [0.25, 0.3) is 0 Å². The molecule has 2 heteroatoms. The molecule has 0 bridgehead atoms. The molecule has 0 heterocycles. The zero-order valence-corrected chi connectivity index (χ0v) is 9.06. The second-order valence-electron chi connectivity index (χ2n) is 3.22. The van der Waals surface area contributed by atoms with Gasteiger partial charge in [-0.15, -0.1) is 0 Å². The summed E-state index contributed by atoms with van der Waals surface area (Å²) in [5.74, 6) is 0.791. The Morgan fingerprint density at radius 2 is 1.85 bits per heavy atom. The first-order valence-electron chi connectivity index (χ1n) is 4.69. The average molecular weight is 196 g/mol. The predicted octanol–water partition coefficient (Wildman–Crippen LogP) is 2.90. The maximum absolute atomic E-state index is 11.6. The van der Waals surface area contributed by atoms with E-state index in [0.29, 0.717) is 0 Å². The van der Waals surface area contributed by atoms with Crippen LogP contribution in [0.25, 0.3) is 0 Å². The Balaban J connectivity index is 2.61. The molecule has 72 valence electrons. The van der Waals surface area contributed by atoms with Crippen LogP contribution < -0.4 is 0 Å². The van der Waals surface area contributed by atoms with Gasteiger partial charge >= 0.3 is 0 Å². The molecule has 0 aliphatic rings. The van der Waals surface area contributed by atoms with Crippen molar-refractivity contribution in [3.63, 3.8) is 0 Å². The highest BCUT2D eigenvalue weighted by Crippen LogP contribution is 2.09. The number of benzene rings is 1. The number of hydrogen-bond acceptors (Lipinski definition) is 1. The van der Waals surface area contributed by atoms with Crippen LogP contribution >= 0.6 is 0 Å². The molecule has 1 aromatic rings. The normalized spacial score (nSPS) is 12.8. The van der Waals surface area contributed by atoms with Gasteiger partial charge in [0, 0.05) is 10.6 Å². The van der Waals surface area contributed by atoms with E-state index in [1.807, 2.05) is 31.2 Å². The van der Waals surface area contributed by atoms with Crippen LogP contribution in [0, 0.1) is 6.92 Å². The Hall–Kier alpha value is -0.630. The molecule has 0 unspecified atom stereocenters. The van der Waals surface area contributed by atoms with Crippen LogP contribution in [-0.4, -0.2) is 9.96 Å². The summed E-state index contributed by atoms with van der Waals surface area (Å²) in [7, 11) is -0.792. The molecule has 0 radical (unpaired) electrons. The van der Waals surface area contributed by atoms with E-state index in [2.05, 4.69) is 6.92 Å². The van der Waals surface area contributed by atoms with Gasteiger partial charge < -0.3 is 0 Å². The monoisotopic (exact) mass is 196 g/mol. The van der Waals surface area contributed by atoms with Crippen molar-refractivity contribution < 1.29 is 4.21 Å². The quantitative estimate of drug-likeness (QED) is 0.723. The third kappa shape index (κ3) is 3.31. The van der Waals surface area contributed by atoms with Crippen LogP contribution in [0.15, 0.2) is 29.2 Å². The van der Waals surface area contributed by atoms with Crippen molar-refractivity contribution in [1.29, 1.82) is 0 Å². The third-order valence-electron chi connectivity index (χ3n) is 1.97.